The van der Waals surface area contributed by atoms with Gasteiger partial charge in [-0.3, -0.25) is 9.78 Å². The van der Waals surface area contributed by atoms with E-state index in [9.17, 15) is 4.79 Å². The maximum atomic E-state index is 12.9. The normalized spacial score (nSPS) is 16.6. The number of rotatable bonds is 2. The van der Waals surface area contributed by atoms with E-state index in [1.165, 1.54) is 25.7 Å². The number of carbonyl (C=O) groups excluding carboxylic acids is 1. The van der Waals surface area contributed by atoms with Gasteiger partial charge in [-0.15, -0.1) is 0 Å². The van der Waals surface area contributed by atoms with Gasteiger partial charge in [0.1, 0.15) is 0 Å². The fourth-order valence-corrected chi connectivity index (χ4v) is 3.28. The molecule has 0 spiro atoms. The minimum atomic E-state index is 0.103. The SMILES string of the molecule is CN(C(=O)c1cccc2cccnc12)C1CCCCCC1. The molecule has 3 nitrogen and oxygen atoms in total. The van der Waals surface area contributed by atoms with Crippen LogP contribution in [0.5, 0.6) is 0 Å². The molecule has 0 bridgehead atoms. The van der Waals surface area contributed by atoms with Crippen molar-refractivity contribution in [3.05, 3.63) is 42.1 Å². The van der Waals surface area contributed by atoms with Crippen LogP contribution in [0.15, 0.2) is 36.5 Å². The molecule has 0 saturated heterocycles. The molecule has 21 heavy (non-hydrogen) atoms. The highest BCUT2D eigenvalue weighted by atomic mass is 16.2. The van der Waals surface area contributed by atoms with Crippen LogP contribution in [-0.2, 0) is 0 Å². The van der Waals surface area contributed by atoms with Crippen LogP contribution in [0.4, 0.5) is 0 Å². The Morgan fingerprint density at radius 2 is 1.81 bits per heavy atom. The van der Waals surface area contributed by atoms with Crippen LogP contribution in [-0.4, -0.2) is 28.9 Å². The van der Waals surface area contributed by atoms with Crippen LogP contribution in [0.3, 0.4) is 0 Å². The summed E-state index contributed by atoms with van der Waals surface area (Å²) in [5.41, 5.74) is 1.53. The molecule has 1 aromatic heterocycles. The molecule has 0 atom stereocenters. The zero-order valence-electron chi connectivity index (χ0n) is 12.6. The van der Waals surface area contributed by atoms with Gasteiger partial charge in [-0.2, -0.15) is 0 Å². The van der Waals surface area contributed by atoms with E-state index in [1.54, 1.807) is 6.20 Å². The summed E-state index contributed by atoms with van der Waals surface area (Å²) in [4.78, 5) is 19.2. The summed E-state index contributed by atoms with van der Waals surface area (Å²) in [5.74, 6) is 0.103. The lowest BCUT2D eigenvalue weighted by atomic mass is 10.0. The second kappa shape index (κ2) is 6.25. The van der Waals surface area contributed by atoms with Crippen LogP contribution < -0.4 is 0 Å². The van der Waals surface area contributed by atoms with Gasteiger partial charge >= 0.3 is 0 Å². The van der Waals surface area contributed by atoms with Crippen LogP contribution >= 0.6 is 0 Å². The smallest absolute Gasteiger partial charge is 0.256 e. The fraction of sp³-hybridized carbons (Fsp3) is 0.444. The molecule has 1 amide bonds. The molecule has 2 aromatic rings. The quantitative estimate of drug-likeness (QED) is 0.779. The second-order valence-electron chi connectivity index (χ2n) is 5.94. The molecule has 1 aromatic carbocycles. The number of para-hydroxylation sites is 1. The summed E-state index contributed by atoms with van der Waals surface area (Å²) in [6.07, 6.45) is 9.07. The Balaban J connectivity index is 1.89. The van der Waals surface area contributed by atoms with Crippen molar-refractivity contribution in [2.24, 2.45) is 0 Å². The van der Waals surface area contributed by atoms with Crippen LogP contribution in [0, 0.1) is 0 Å². The van der Waals surface area contributed by atoms with E-state index in [0.717, 1.165) is 29.3 Å². The van der Waals surface area contributed by atoms with Crippen molar-refractivity contribution in [2.75, 3.05) is 7.05 Å². The molecule has 3 heteroatoms. The van der Waals surface area contributed by atoms with Crippen LogP contribution in [0.1, 0.15) is 48.9 Å². The zero-order valence-corrected chi connectivity index (χ0v) is 12.6. The summed E-state index contributed by atoms with van der Waals surface area (Å²) in [6.45, 7) is 0. The van der Waals surface area contributed by atoms with Gasteiger partial charge in [0.2, 0.25) is 0 Å². The van der Waals surface area contributed by atoms with Crippen molar-refractivity contribution >= 4 is 16.8 Å². The molecule has 110 valence electrons. The first-order chi connectivity index (χ1) is 10.3. The van der Waals surface area contributed by atoms with Crippen LogP contribution in [0.2, 0.25) is 0 Å². The van der Waals surface area contributed by atoms with E-state index in [2.05, 4.69) is 4.98 Å². The molecule has 1 aliphatic rings. The van der Waals surface area contributed by atoms with E-state index in [1.807, 2.05) is 42.3 Å². The fourth-order valence-electron chi connectivity index (χ4n) is 3.28. The van der Waals surface area contributed by atoms with Crippen molar-refractivity contribution in [1.82, 2.24) is 9.88 Å². The Morgan fingerprint density at radius 1 is 1.10 bits per heavy atom. The first-order valence-electron chi connectivity index (χ1n) is 7.88. The maximum absolute atomic E-state index is 12.9. The Bertz CT molecular complexity index is 625. The molecule has 0 unspecified atom stereocenters. The third-order valence-corrected chi connectivity index (χ3v) is 4.56. The average molecular weight is 282 g/mol. The number of nitrogens with zero attached hydrogens (tertiary/aromatic N) is 2. The van der Waals surface area contributed by atoms with Crippen molar-refractivity contribution in [2.45, 2.75) is 44.6 Å². The topological polar surface area (TPSA) is 33.2 Å². The van der Waals surface area contributed by atoms with Gasteiger partial charge in [0, 0.05) is 24.7 Å². The zero-order chi connectivity index (χ0) is 14.7. The minimum absolute atomic E-state index is 0.103. The number of benzene rings is 1. The van der Waals surface area contributed by atoms with E-state index in [0.29, 0.717) is 6.04 Å². The van der Waals surface area contributed by atoms with E-state index in [-0.39, 0.29) is 5.91 Å². The Hall–Kier alpha value is -1.90. The highest BCUT2D eigenvalue weighted by Crippen LogP contribution is 2.24. The minimum Gasteiger partial charge on any atom is -0.339 e. The van der Waals surface area contributed by atoms with E-state index >= 15 is 0 Å². The standard InChI is InChI=1S/C18H22N2O/c1-20(15-10-4-2-3-5-11-15)18(21)16-12-6-8-14-9-7-13-19-17(14)16/h6-9,12-13,15H,2-5,10-11H2,1H3. The Morgan fingerprint density at radius 3 is 2.57 bits per heavy atom. The van der Waals surface area contributed by atoms with E-state index < -0.39 is 0 Å². The summed E-state index contributed by atoms with van der Waals surface area (Å²) >= 11 is 0. The predicted octanol–water partition coefficient (Wildman–Crippen LogP) is 4.03. The first kappa shape index (κ1) is 14.1. The molecule has 1 saturated carbocycles. The maximum Gasteiger partial charge on any atom is 0.256 e. The third-order valence-electron chi connectivity index (χ3n) is 4.56. The van der Waals surface area contributed by atoms with Gasteiger partial charge < -0.3 is 4.90 Å². The molecule has 1 fully saturated rings. The summed E-state index contributed by atoms with van der Waals surface area (Å²) in [7, 11) is 1.94. The lowest BCUT2D eigenvalue weighted by molar-refractivity contribution is 0.0719. The van der Waals surface area contributed by atoms with E-state index in [4.69, 9.17) is 0 Å². The highest BCUT2D eigenvalue weighted by molar-refractivity contribution is 6.05. The third kappa shape index (κ3) is 2.92. The van der Waals surface area contributed by atoms with Gasteiger partial charge in [0.25, 0.3) is 5.91 Å². The Labute approximate surface area is 126 Å². The average Bonchev–Trinajstić information content (AvgIpc) is 2.82. The van der Waals surface area contributed by atoms with Gasteiger partial charge in [0.05, 0.1) is 11.1 Å². The molecule has 3 rings (SSSR count). The predicted molar refractivity (Wildman–Crippen MR) is 85.3 cm³/mol. The number of pyridine rings is 1. The van der Waals surface area contributed by atoms with Gasteiger partial charge in [-0.1, -0.05) is 43.9 Å². The number of hydrogen-bond acceptors (Lipinski definition) is 2. The van der Waals surface area contributed by atoms with Crippen molar-refractivity contribution in [1.29, 1.82) is 0 Å². The van der Waals surface area contributed by atoms with Crippen molar-refractivity contribution < 1.29 is 4.79 Å². The van der Waals surface area contributed by atoms with Gasteiger partial charge in [-0.25, -0.2) is 0 Å². The molecule has 0 aliphatic heterocycles. The van der Waals surface area contributed by atoms with Gasteiger partial charge in [0.15, 0.2) is 0 Å². The number of amides is 1. The number of aromatic nitrogens is 1. The number of carbonyl (C=O) groups is 1. The largest absolute Gasteiger partial charge is 0.339 e. The summed E-state index contributed by atoms with van der Waals surface area (Å²) < 4.78 is 0. The van der Waals surface area contributed by atoms with Gasteiger partial charge in [-0.05, 0) is 25.0 Å². The summed E-state index contributed by atoms with van der Waals surface area (Å²) in [5, 5.41) is 1.03. The molecule has 1 heterocycles. The lowest BCUT2D eigenvalue weighted by Crippen LogP contribution is -2.36. The van der Waals surface area contributed by atoms with Crippen molar-refractivity contribution in [3.8, 4) is 0 Å². The molecule has 0 radical (unpaired) electrons. The van der Waals surface area contributed by atoms with Crippen LogP contribution in [0.25, 0.3) is 10.9 Å². The number of fused-ring (bicyclic) bond motifs is 1. The lowest BCUT2D eigenvalue weighted by Gasteiger charge is -2.27. The first-order valence-corrected chi connectivity index (χ1v) is 7.88. The molecule has 0 N–H and O–H groups in total. The molecular weight excluding hydrogens is 260 g/mol. The highest BCUT2D eigenvalue weighted by Gasteiger charge is 2.23. The number of hydrogen-bond donors (Lipinski definition) is 0. The molecular formula is C18H22N2O. The summed E-state index contributed by atoms with van der Waals surface area (Å²) in [6, 6.07) is 10.1. The van der Waals surface area contributed by atoms with Crippen molar-refractivity contribution in [3.63, 3.8) is 0 Å². The second-order valence-corrected chi connectivity index (χ2v) is 5.94. The monoisotopic (exact) mass is 282 g/mol. The molecule has 1 aliphatic carbocycles. The Kier molecular flexibility index (Phi) is 4.18.